The van der Waals surface area contributed by atoms with Crippen molar-refractivity contribution in [3.8, 4) is 0 Å². The van der Waals surface area contributed by atoms with Crippen molar-refractivity contribution in [1.82, 2.24) is 5.32 Å². The first-order valence-electron chi connectivity index (χ1n) is 6.56. The van der Waals surface area contributed by atoms with Crippen molar-refractivity contribution in [3.63, 3.8) is 0 Å². The van der Waals surface area contributed by atoms with Crippen molar-refractivity contribution < 1.29 is 9.59 Å². The molecule has 0 bridgehead atoms. The smallest absolute Gasteiger partial charge is 0.227 e. The fourth-order valence-electron chi connectivity index (χ4n) is 2.04. The van der Waals surface area contributed by atoms with Crippen LogP contribution in [-0.2, 0) is 9.59 Å². The molecule has 5 nitrogen and oxygen atoms in total. The quantitative estimate of drug-likeness (QED) is 0.793. The molecule has 0 spiro atoms. The van der Waals surface area contributed by atoms with Gasteiger partial charge in [0.05, 0.1) is 11.4 Å². The molecule has 1 heterocycles. The van der Waals surface area contributed by atoms with Gasteiger partial charge in [0.1, 0.15) is 0 Å². The van der Waals surface area contributed by atoms with E-state index in [0.717, 1.165) is 13.1 Å². The SMILES string of the molecule is CC(=O)Nc1cc(Cl)ccc1NC(=O)C(C)C1CNC1.Cl. The minimum atomic E-state index is -0.209. The van der Waals surface area contributed by atoms with E-state index >= 15 is 0 Å². The second-order valence-corrected chi connectivity index (χ2v) is 5.50. The van der Waals surface area contributed by atoms with Crippen LogP contribution in [0.25, 0.3) is 0 Å². The molecule has 0 saturated carbocycles. The zero-order valence-corrected chi connectivity index (χ0v) is 13.5. The Balaban J connectivity index is 0.00000220. The Labute approximate surface area is 135 Å². The van der Waals surface area contributed by atoms with E-state index in [1.54, 1.807) is 18.2 Å². The van der Waals surface area contributed by atoms with Gasteiger partial charge in [-0.15, -0.1) is 12.4 Å². The number of carbonyl (C=O) groups is 2. The number of halogens is 2. The van der Waals surface area contributed by atoms with Gasteiger partial charge in [0, 0.05) is 17.9 Å². The molecule has 7 heteroatoms. The first-order valence-corrected chi connectivity index (χ1v) is 6.94. The predicted octanol–water partition coefficient (Wildman–Crippen LogP) is 2.51. The standard InChI is InChI=1S/C14H18ClN3O2.ClH/c1-8(10-6-16-7-10)14(20)18-12-4-3-11(15)5-13(12)17-9(2)19;/h3-5,8,10,16H,6-7H2,1-2H3,(H,17,19)(H,18,20);1H. The van der Waals surface area contributed by atoms with Gasteiger partial charge in [-0.25, -0.2) is 0 Å². The third kappa shape index (κ3) is 4.59. The van der Waals surface area contributed by atoms with Crippen molar-refractivity contribution in [1.29, 1.82) is 0 Å². The summed E-state index contributed by atoms with van der Waals surface area (Å²) in [6.07, 6.45) is 0. The normalized spacial score (nSPS) is 15.4. The summed E-state index contributed by atoms with van der Waals surface area (Å²) in [6.45, 7) is 5.06. The second kappa shape index (κ2) is 7.64. The molecule has 1 saturated heterocycles. The largest absolute Gasteiger partial charge is 0.324 e. The lowest BCUT2D eigenvalue weighted by Crippen LogP contribution is -2.48. The number of amides is 2. The molecule has 1 fully saturated rings. The Morgan fingerprint density at radius 1 is 1.29 bits per heavy atom. The fourth-order valence-corrected chi connectivity index (χ4v) is 2.22. The highest BCUT2D eigenvalue weighted by molar-refractivity contribution is 6.31. The first-order chi connectivity index (χ1) is 9.47. The summed E-state index contributed by atoms with van der Waals surface area (Å²) >= 11 is 5.91. The Morgan fingerprint density at radius 3 is 2.48 bits per heavy atom. The van der Waals surface area contributed by atoms with Crippen molar-refractivity contribution in [2.24, 2.45) is 11.8 Å². The predicted molar refractivity (Wildman–Crippen MR) is 87.2 cm³/mol. The van der Waals surface area contributed by atoms with Crippen LogP contribution in [-0.4, -0.2) is 24.9 Å². The molecule has 21 heavy (non-hydrogen) atoms. The minimum Gasteiger partial charge on any atom is -0.324 e. The van der Waals surface area contributed by atoms with Crippen LogP contribution in [0.1, 0.15) is 13.8 Å². The fraction of sp³-hybridized carbons (Fsp3) is 0.429. The Kier molecular flexibility index (Phi) is 6.45. The molecule has 1 aromatic rings. The van der Waals surface area contributed by atoms with Gasteiger partial charge in [-0.2, -0.15) is 0 Å². The summed E-state index contributed by atoms with van der Waals surface area (Å²) in [5, 5.41) is 9.17. The average Bonchev–Trinajstić information content (AvgIpc) is 2.29. The molecule has 0 aliphatic carbocycles. The zero-order chi connectivity index (χ0) is 14.7. The van der Waals surface area contributed by atoms with Crippen LogP contribution < -0.4 is 16.0 Å². The van der Waals surface area contributed by atoms with Crippen molar-refractivity contribution in [3.05, 3.63) is 23.2 Å². The van der Waals surface area contributed by atoms with Crippen molar-refractivity contribution in [2.45, 2.75) is 13.8 Å². The lowest BCUT2D eigenvalue weighted by atomic mass is 9.88. The van der Waals surface area contributed by atoms with Crippen LogP contribution in [0.2, 0.25) is 5.02 Å². The molecule has 1 unspecified atom stereocenters. The van der Waals surface area contributed by atoms with E-state index in [9.17, 15) is 9.59 Å². The van der Waals surface area contributed by atoms with Crippen LogP contribution >= 0.6 is 24.0 Å². The van der Waals surface area contributed by atoms with Gasteiger partial charge in [-0.1, -0.05) is 18.5 Å². The highest BCUT2D eigenvalue weighted by Crippen LogP contribution is 2.27. The van der Waals surface area contributed by atoms with Crippen molar-refractivity contribution >= 4 is 47.2 Å². The summed E-state index contributed by atoms with van der Waals surface area (Å²) in [5.41, 5.74) is 1.08. The van der Waals surface area contributed by atoms with Gasteiger partial charge in [0.25, 0.3) is 0 Å². The van der Waals surface area contributed by atoms with Crippen LogP contribution in [0, 0.1) is 11.8 Å². The second-order valence-electron chi connectivity index (χ2n) is 5.07. The topological polar surface area (TPSA) is 70.2 Å². The van der Waals surface area contributed by atoms with E-state index in [1.165, 1.54) is 6.92 Å². The average molecular weight is 332 g/mol. The van der Waals surface area contributed by atoms with E-state index in [1.807, 2.05) is 6.92 Å². The minimum absolute atomic E-state index is 0. The number of rotatable bonds is 4. The number of hydrogen-bond acceptors (Lipinski definition) is 3. The maximum atomic E-state index is 12.2. The van der Waals surface area contributed by atoms with E-state index in [2.05, 4.69) is 16.0 Å². The summed E-state index contributed by atoms with van der Waals surface area (Å²) < 4.78 is 0. The van der Waals surface area contributed by atoms with Gasteiger partial charge < -0.3 is 16.0 Å². The van der Waals surface area contributed by atoms with E-state index in [4.69, 9.17) is 11.6 Å². The van der Waals surface area contributed by atoms with Crippen LogP contribution in [0.15, 0.2) is 18.2 Å². The van der Waals surface area contributed by atoms with E-state index in [0.29, 0.717) is 22.3 Å². The molecule has 0 aromatic heterocycles. The first kappa shape index (κ1) is 17.8. The summed E-state index contributed by atoms with van der Waals surface area (Å²) in [5.74, 6) is 0.0352. The van der Waals surface area contributed by atoms with Gasteiger partial charge >= 0.3 is 0 Å². The number of nitrogens with one attached hydrogen (secondary N) is 3. The Bertz CT molecular complexity index is 533. The monoisotopic (exact) mass is 331 g/mol. The van der Waals surface area contributed by atoms with Crippen molar-refractivity contribution in [2.75, 3.05) is 23.7 Å². The molecule has 0 radical (unpaired) electrons. The molecule has 2 rings (SSSR count). The molecular formula is C14H19Cl2N3O2. The number of hydrogen-bond donors (Lipinski definition) is 3. The number of anilines is 2. The molecule has 3 N–H and O–H groups in total. The molecule has 2 amide bonds. The summed E-state index contributed by atoms with van der Waals surface area (Å²) in [4.78, 5) is 23.4. The van der Waals surface area contributed by atoms with Gasteiger partial charge in [-0.05, 0) is 37.2 Å². The third-order valence-electron chi connectivity index (χ3n) is 3.48. The van der Waals surface area contributed by atoms with E-state index in [-0.39, 0.29) is 30.1 Å². The maximum Gasteiger partial charge on any atom is 0.227 e. The lowest BCUT2D eigenvalue weighted by molar-refractivity contribution is -0.121. The van der Waals surface area contributed by atoms with Gasteiger partial charge in [-0.3, -0.25) is 9.59 Å². The molecule has 1 aromatic carbocycles. The molecule has 1 aliphatic heterocycles. The van der Waals surface area contributed by atoms with Gasteiger partial charge in [0.15, 0.2) is 0 Å². The van der Waals surface area contributed by atoms with Crippen LogP contribution in [0.3, 0.4) is 0 Å². The van der Waals surface area contributed by atoms with Gasteiger partial charge in [0.2, 0.25) is 11.8 Å². The summed E-state index contributed by atoms with van der Waals surface area (Å²) in [6, 6.07) is 4.99. The molecular weight excluding hydrogens is 313 g/mol. The van der Waals surface area contributed by atoms with E-state index < -0.39 is 0 Å². The van der Waals surface area contributed by atoms with Crippen LogP contribution in [0.5, 0.6) is 0 Å². The highest BCUT2D eigenvalue weighted by Gasteiger charge is 2.29. The lowest BCUT2D eigenvalue weighted by Gasteiger charge is -2.31. The maximum absolute atomic E-state index is 12.2. The third-order valence-corrected chi connectivity index (χ3v) is 3.72. The molecule has 1 aliphatic rings. The Hall–Kier alpha value is -1.30. The number of carbonyl (C=O) groups excluding carboxylic acids is 2. The highest BCUT2D eigenvalue weighted by atomic mass is 35.5. The molecule has 1 atom stereocenters. The Morgan fingerprint density at radius 2 is 1.95 bits per heavy atom. The summed E-state index contributed by atoms with van der Waals surface area (Å²) in [7, 11) is 0. The number of benzene rings is 1. The molecule has 116 valence electrons. The van der Waals surface area contributed by atoms with Crippen LogP contribution in [0.4, 0.5) is 11.4 Å². The zero-order valence-electron chi connectivity index (χ0n) is 11.9.